The molecular weight excluding hydrogens is 407 g/mol. The van der Waals surface area contributed by atoms with Crippen LogP contribution in [0.3, 0.4) is 0 Å². The SMILES string of the molecule is Cc1cc(O)cc(C)c1-n1cc[n+](C2CCCCCCCCCCC2)c1.FB(F)F.[F-]. The molecule has 0 bridgehead atoms. The number of aromatic hydroxyl groups is 1. The molecule has 2 aromatic rings. The van der Waals surface area contributed by atoms with Gasteiger partial charge in [0, 0.05) is 11.1 Å². The van der Waals surface area contributed by atoms with E-state index in [2.05, 4.69) is 41.7 Å². The third-order valence-corrected chi connectivity index (χ3v) is 5.89. The zero-order chi connectivity index (χ0) is 21.9. The summed E-state index contributed by atoms with van der Waals surface area (Å²) in [7, 11) is -3.67. The molecular formula is C23H35BF4N2O. The highest BCUT2D eigenvalue weighted by atomic mass is 19.4. The summed E-state index contributed by atoms with van der Waals surface area (Å²) in [5.41, 5.74) is 3.42. The van der Waals surface area contributed by atoms with Gasteiger partial charge in [-0.2, -0.15) is 0 Å². The molecule has 0 aliphatic heterocycles. The van der Waals surface area contributed by atoms with Crippen molar-refractivity contribution in [3.05, 3.63) is 42.0 Å². The summed E-state index contributed by atoms with van der Waals surface area (Å²) >= 11 is 0. The molecule has 1 N–H and O–H groups in total. The molecule has 0 amide bonds. The highest BCUT2D eigenvalue weighted by Gasteiger charge is 2.19. The van der Waals surface area contributed by atoms with Gasteiger partial charge in [-0.15, -0.1) is 0 Å². The minimum absolute atomic E-state index is 0. The first-order valence-electron chi connectivity index (χ1n) is 11.2. The lowest BCUT2D eigenvalue weighted by Gasteiger charge is -2.15. The zero-order valence-corrected chi connectivity index (χ0v) is 18.7. The summed E-state index contributed by atoms with van der Waals surface area (Å²) < 4.78 is 33.7. The van der Waals surface area contributed by atoms with Gasteiger partial charge in [-0.1, -0.05) is 44.9 Å². The molecule has 174 valence electrons. The maximum Gasteiger partial charge on any atom is 0.762 e. The number of hydrogen-bond acceptors (Lipinski definition) is 1. The van der Waals surface area contributed by atoms with Crippen LogP contribution >= 0.6 is 0 Å². The predicted molar refractivity (Wildman–Crippen MR) is 116 cm³/mol. The molecule has 0 radical (unpaired) electrons. The third kappa shape index (κ3) is 9.36. The lowest BCUT2D eigenvalue weighted by Crippen LogP contribution is -3.00. The number of phenolic OH excluding ortho intramolecular Hbond substituents is 1. The van der Waals surface area contributed by atoms with Crippen LogP contribution in [0.15, 0.2) is 30.9 Å². The van der Waals surface area contributed by atoms with Gasteiger partial charge in [0.25, 0.3) is 0 Å². The van der Waals surface area contributed by atoms with Gasteiger partial charge in [-0.3, -0.25) is 12.9 Å². The number of aryl methyl sites for hydroxylation is 2. The van der Waals surface area contributed by atoms with Gasteiger partial charge in [0.2, 0.25) is 6.33 Å². The number of phenols is 1. The molecule has 0 saturated heterocycles. The Balaban J connectivity index is 0.000000885. The van der Waals surface area contributed by atoms with E-state index in [0.29, 0.717) is 11.8 Å². The van der Waals surface area contributed by atoms with E-state index in [1.54, 1.807) is 0 Å². The Kier molecular flexibility index (Phi) is 12.3. The van der Waals surface area contributed by atoms with Crippen LogP contribution in [0, 0.1) is 13.8 Å². The first kappa shape index (κ1) is 27.0. The number of rotatable bonds is 2. The Morgan fingerprint density at radius 3 is 1.74 bits per heavy atom. The lowest BCUT2D eigenvalue weighted by molar-refractivity contribution is -0.723. The van der Waals surface area contributed by atoms with Gasteiger partial charge in [0.05, 0.1) is 0 Å². The lowest BCUT2D eigenvalue weighted by atomic mass is 9.98. The summed E-state index contributed by atoms with van der Waals surface area (Å²) in [4.78, 5) is 0. The van der Waals surface area contributed by atoms with Crippen LogP contribution in [0.4, 0.5) is 12.9 Å². The number of benzene rings is 1. The zero-order valence-electron chi connectivity index (χ0n) is 18.7. The Hall–Kier alpha value is -1.99. The molecule has 1 aliphatic carbocycles. The van der Waals surface area contributed by atoms with Crippen molar-refractivity contribution in [2.45, 2.75) is 90.5 Å². The fourth-order valence-electron chi connectivity index (χ4n) is 4.50. The van der Waals surface area contributed by atoms with Gasteiger partial charge in [-0.25, -0.2) is 9.13 Å². The van der Waals surface area contributed by atoms with E-state index in [4.69, 9.17) is 0 Å². The van der Waals surface area contributed by atoms with Crippen molar-refractivity contribution < 1.29 is 27.3 Å². The van der Waals surface area contributed by atoms with Crippen LogP contribution in [-0.4, -0.2) is 17.2 Å². The van der Waals surface area contributed by atoms with Crippen molar-refractivity contribution in [3.63, 3.8) is 0 Å². The smallest absolute Gasteiger partial charge is 0.762 e. The predicted octanol–water partition coefficient (Wildman–Crippen LogP) is 3.82. The molecule has 0 atom stereocenters. The second-order valence-corrected chi connectivity index (χ2v) is 8.36. The van der Waals surface area contributed by atoms with Gasteiger partial charge in [-0.05, 0) is 51.7 Å². The Labute approximate surface area is 183 Å². The van der Waals surface area contributed by atoms with E-state index in [-0.39, 0.29) is 4.70 Å². The third-order valence-electron chi connectivity index (χ3n) is 5.89. The maximum absolute atomic E-state index is 9.81. The number of nitrogens with zero attached hydrogens (tertiary/aromatic N) is 2. The Bertz CT molecular complexity index is 732. The van der Waals surface area contributed by atoms with Crippen LogP contribution in [0.2, 0.25) is 0 Å². The van der Waals surface area contributed by atoms with Gasteiger partial charge in [0.15, 0.2) is 0 Å². The topological polar surface area (TPSA) is 29.0 Å². The number of halogens is 4. The molecule has 3 rings (SSSR count). The van der Waals surface area contributed by atoms with Crippen LogP contribution in [0.1, 0.15) is 87.8 Å². The molecule has 1 saturated carbocycles. The van der Waals surface area contributed by atoms with Gasteiger partial charge in [0.1, 0.15) is 29.9 Å². The fraction of sp³-hybridized carbons (Fsp3) is 0.609. The van der Waals surface area contributed by atoms with E-state index in [1.807, 2.05) is 12.1 Å². The second-order valence-electron chi connectivity index (χ2n) is 8.36. The molecule has 8 heteroatoms. The average Bonchev–Trinajstić information content (AvgIpc) is 3.10. The summed E-state index contributed by atoms with van der Waals surface area (Å²) in [6.45, 7) is 4.14. The summed E-state index contributed by atoms with van der Waals surface area (Å²) in [5, 5.41) is 9.81. The highest BCUT2D eigenvalue weighted by molar-refractivity contribution is 6.33. The summed E-state index contributed by atoms with van der Waals surface area (Å²) in [6, 6.07) is 4.32. The first-order valence-corrected chi connectivity index (χ1v) is 11.2. The van der Waals surface area contributed by atoms with Crippen LogP contribution in [-0.2, 0) is 0 Å². The maximum atomic E-state index is 9.81. The van der Waals surface area contributed by atoms with Crippen LogP contribution < -0.4 is 9.27 Å². The minimum atomic E-state index is -3.67. The van der Waals surface area contributed by atoms with E-state index in [0.717, 1.165) is 11.1 Å². The normalized spacial score (nSPS) is 16.2. The van der Waals surface area contributed by atoms with Gasteiger partial charge < -0.3 is 9.81 Å². The highest BCUT2D eigenvalue weighted by Crippen LogP contribution is 2.25. The molecule has 1 aliphatic rings. The quantitative estimate of drug-likeness (QED) is 0.428. The standard InChI is InChI=1S/C23H34N2O.BF3.FH/c1-19-16-22(26)17-20(2)23(19)25-15-14-24(18-25)21-12-10-8-6-4-3-5-7-9-11-13-21;2-1(3)4;/h14-18,21H,3-13H2,1-2H3;;1H. The second kappa shape index (κ2) is 14.1. The molecule has 1 aromatic carbocycles. The van der Waals surface area contributed by atoms with E-state index in [9.17, 15) is 18.1 Å². The average molecular weight is 442 g/mol. The van der Waals surface area contributed by atoms with Crippen molar-refractivity contribution in [1.82, 2.24) is 4.57 Å². The van der Waals surface area contributed by atoms with Crippen LogP contribution in [0.25, 0.3) is 5.69 Å². The fourth-order valence-corrected chi connectivity index (χ4v) is 4.50. The van der Waals surface area contributed by atoms with E-state index >= 15 is 0 Å². The molecule has 31 heavy (non-hydrogen) atoms. The van der Waals surface area contributed by atoms with Crippen molar-refractivity contribution >= 4 is 7.54 Å². The van der Waals surface area contributed by atoms with E-state index in [1.165, 1.54) is 76.3 Å². The minimum Gasteiger partial charge on any atom is -1.00 e. The summed E-state index contributed by atoms with van der Waals surface area (Å²) in [5.74, 6) is 0.350. The molecule has 1 aromatic heterocycles. The van der Waals surface area contributed by atoms with Crippen LogP contribution in [0.5, 0.6) is 5.75 Å². The molecule has 3 nitrogen and oxygen atoms in total. The molecule has 0 spiro atoms. The van der Waals surface area contributed by atoms with E-state index < -0.39 is 7.54 Å². The molecule has 1 heterocycles. The first-order chi connectivity index (χ1) is 14.4. The number of aromatic nitrogens is 2. The molecule has 1 fully saturated rings. The van der Waals surface area contributed by atoms with Crippen molar-refractivity contribution in [2.75, 3.05) is 0 Å². The van der Waals surface area contributed by atoms with Gasteiger partial charge >= 0.3 is 7.54 Å². The number of imidazole rings is 1. The largest absolute Gasteiger partial charge is 1.00 e. The van der Waals surface area contributed by atoms with Crippen molar-refractivity contribution in [3.8, 4) is 11.4 Å². The Morgan fingerprint density at radius 1 is 0.871 bits per heavy atom. The number of hydrogen-bond donors (Lipinski definition) is 1. The molecule has 0 unspecified atom stereocenters. The van der Waals surface area contributed by atoms with Crippen molar-refractivity contribution in [2.24, 2.45) is 0 Å². The Morgan fingerprint density at radius 2 is 1.29 bits per heavy atom. The van der Waals surface area contributed by atoms with Crippen molar-refractivity contribution in [1.29, 1.82) is 0 Å². The summed E-state index contributed by atoms with van der Waals surface area (Å²) in [6.07, 6.45) is 21.8. The monoisotopic (exact) mass is 442 g/mol.